The smallest absolute Gasteiger partial charge is 0.123 e. The highest BCUT2D eigenvalue weighted by Gasteiger charge is 2.05. The Labute approximate surface area is 107 Å². The summed E-state index contributed by atoms with van der Waals surface area (Å²) in [6.07, 6.45) is 0. The molecule has 0 saturated carbocycles. The Bertz CT molecular complexity index is 472. The summed E-state index contributed by atoms with van der Waals surface area (Å²) in [5.74, 6) is 1.55. The second-order valence-corrected chi connectivity index (χ2v) is 5.58. The number of aryl methyl sites for hydroxylation is 1. The Balaban J connectivity index is 2.11. The molecule has 1 aromatic carbocycles. The molecule has 0 amide bonds. The van der Waals surface area contributed by atoms with E-state index < -0.39 is 0 Å². The maximum Gasteiger partial charge on any atom is 0.123 e. The molecule has 0 aliphatic heterocycles. The van der Waals surface area contributed by atoms with Gasteiger partial charge in [-0.3, -0.25) is 0 Å². The molecule has 17 heavy (non-hydrogen) atoms. The van der Waals surface area contributed by atoms with Gasteiger partial charge in [0.15, 0.2) is 0 Å². The van der Waals surface area contributed by atoms with Crippen LogP contribution in [0.5, 0.6) is 5.75 Å². The van der Waals surface area contributed by atoms with Crippen LogP contribution >= 0.6 is 11.3 Å². The van der Waals surface area contributed by atoms with E-state index in [-0.39, 0.29) is 0 Å². The first-order valence-corrected chi connectivity index (χ1v) is 6.80. The molecule has 0 radical (unpaired) electrons. The molecule has 1 aromatic heterocycles. The molecular formula is C15H18OS. The van der Waals surface area contributed by atoms with E-state index in [1.807, 2.05) is 0 Å². The second-order valence-electron chi connectivity index (χ2n) is 4.55. The minimum atomic E-state index is 0.541. The fourth-order valence-corrected chi connectivity index (χ4v) is 2.29. The van der Waals surface area contributed by atoms with E-state index in [0.717, 1.165) is 5.75 Å². The van der Waals surface area contributed by atoms with E-state index in [0.29, 0.717) is 12.5 Å². The van der Waals surface area contributed by atoms with E-state index in [1.165, 1.54) is 16.0 Å². The first kappa shape index (κ1) is 12.2. The largest absolute Gasteiger partial charge is 0.488 e. The van der Waals surface area contributed by atoms with E-state index in [1.54, 1.807) is 11.3 Å². The highest BCUT2D eigenvalue weighted by Crippen LogP contribution is 2.25. The molecule has 0 fully saturated rings. The highest BCUT2D eigenvalue weighted by atomic mass is 32.1. The zero-order valence-electron chi connectivity index (χ0n) is 10.6. The maximum atomic E-state index is 5.88. The van der Waals surface area contributed by atoms with Crippen molar-refractivity contribution < 1.29 is 4.74 Å². The molecule has 0 saturated heterocycles. The van der Waals surface area contributed by atoms with Crippen molar-refractivity contribution in [3.63, 3.8) is 0 Å². The molecule has 0 unspecified atom stereocenters. The van der Waals surface area contributed by atoms with Gasteiger partial charge in [0.1, 0.15) is 12.4 Å². The van der Waals surface area contributed by atoms with Gasteiger partial charge in [0.25, 0.3) is 0 Å². The predicted molar refractivity (Wildman–Crippen MR) is 73.9 cm³/mol. The Morgan fingerprint density at radius 1 is 1.24 bits per heavy atom. The van der Waals surface area contributed by atoms with Gasteiger partial charge in [0.05, 0.1) is 0 Å². The number of rotatable bonds is 4. The van der Waals surface area contributed by atoms with Crippen LogP contribution in [0.1, 0.15) is 35.8 Å². The zero-order valence-corrected chi connectivity index (χ0v) is 11.4. The lowest BCUT2D eigenvalue weighted by atomic mass is 10.0. The number of hydrogen-bond acceptors (Lipinski definition) is 2. The molecule has 1 heterocycles. The molecule has 1 nitrogen and oxygen atoms in total. The quantitative estimate of drug-likeness (QED) is 0.755. The Morgan fingerprint density at radius 3 is 2.71 bits per heavy atom. The standard InChI is InChI=1S/C15H18OS/c1-11(2)13-7-6-12(3)15(9-13)16-10-14-5-4-8-17-14/h4-9,11H,10H2,1-3H3. The zero-order chi connectivity index (χ0) is 12.3. The molecule has 90 valence electrons. The van der Waals surface area contributed by atoms with Gasteiger partial charge in [0, 0.05) is 4.88 Å². The van der Waals surface area contributed by atoms with Crippen molar-refractivity contribution in [3.05, 3.63) is 51.7 Å². The molecule has 2 rings (SSSR count). The number of benzene rings is 1. The molecule has 2 heteroatoms. The summed E-state index contributed by atoms with van der Waals surface area (Å²) < 4.78 is 5.88. The predicted octanol–water partition coefficient (Wildman–Crippen LogP) is 4.76. The third-order valence-corrected chi connectivity index (χ3v) is 3.68. The number of thiophene rings is 1. The summed E-state index contributed by atoms with van der Waals surface area (Å²) in [6, 6.07) is 10.6. The van der Waals surface area contributed by atoms with Gasteiger partial charge in [-0.2, -0.15) is 0 Å². The van der Waals surface area contributed by atoms with E-state index in [4.69, 9.17) is 4.74 Å². The topological polar surface area (TPSA) is 9.23 Å². The average molecular weight is 246 g/mol. The van der Waals surface area contributed by atoms with Crippen molar-refractivity contribution in [1.29, 1.82) is 0 Å². The lowest BCUT2D eigenvalue weighted by Crippen LogP contribution is -1.97. The van der Waals surface area contributed by atoms with Gasteiger partial charge < -0.3 is 4.74 Å². The van der Waals surface area contributed by atoms with Crippen molar-refractivity contribution in [1.82, 2.24) is 0 Å². The van der Waals surface area contributed by atoms with Crippen LogP contribution in [0.4, 0.5) is 0 Å². The third-order valence-electron chi connectivity index (χ3n) is 2.83. The summed E-state index contributed by atoms with van der Waals surface area (Å²) in [7, 11) is 0. The van der Waals surface area contributed by atoms with Crippen LogP contribution in [0.2, 0.25) is 0 Å². The minimum Gasteiger partial charge on any atom is -0.488 e. The minimum absolute atomic E-state index is 0.541. The number of hydrogen-bond donors (Lipinski definition) is 0. The third kappa shape index (κ3) is 3.10. The first-order chi connectivity index (χ1) is 8.16. The molecule has 0 bridgehead atoms. The lowest BCUT2D eigenvalue weighted by molar-refractivity contribution is 0.307. The molecule has 0 N–H and O–H groups in total. The fraction of sp³-hybridized carbons (Fsp3) is 0.333. The van der Waals surface area contributed by atoms with Crippen LogP contribution in [-0.2, 0) is 6.61 Å². The normalized spacial score (nSPS) is 10.8. The molecule has 0 spiro atoms. The molecule has 2 aromatic rings. The summed E-state index contributed by atoms with van der Waals surface area (Å²) in [4.78, 5) is 1.26. The van der Waals surface area contributed by atoms with Crippen molar-refractivity contribution in [2.45, 2.75) is 33.3 Å². The van der Waals surface area contributed by atoms with Crippen LogP contribution in [0, 0.1) is 6.92 Å². The summed E-state index contributed by atoms with van der Waals surface area (Å²) in [5, 5.41) is 2.08. The second kappa shape index (κ2) is 5.37. The molecular weight excluding hydrogens is 228 g/mol. The van der Waals surface area contributed by atoms with Crippen molar-refractivity contribution in [2.24, 2.45) is 0 Å². The first-order valence-electron chi connectivity index (χ1n) is 5.92. The van der Waals surface area contributed by atoms with Gasteiger partial charge in [-0.25, -0.2) is 0 Å². The molecule has 0 aliphatic rings. The SMILES string of the molecule is Cc1ccc(C(C)C)cc1OCc1cccs1. The highest BCUT2D eigenvalue weighted by molar-refractivity contribution is 7.09. The summed E-state index contributed by atoms with van der Waals surface area (Å²) in [5.41, 5.74) is 2.53. The van der Waals surface area contributed by atoms with Crippen LogP contribution < -0.4 is 4.74 Å². The Kier molecular flexibility index (Phi) is 3.85. The van der Waals surface area contributed by atoms with Gasteiger partial charge in [0.2, 0.25) is 0 Å². The van der Waals surface area contributed by atoms with Gasteiger partial charge in [-0.1, -0.05) is 32.0 Å². The summed E-state index contributed by atoms with van der Waals surface area (Å²) in [6.45, 7) is 7.16. The van der Waals surface area contributed by atoms with Crippen molar-refractivity contribution in [3.8, 4) is 5.75 Å². The van der Waals surface area contributed by atoms with Crippen LogP contribution in [0.15, 0.2) is 35.7 Å². The molecule has 0 atom stereocenters. The number of ether oxygens (including phenoxy) is 1. The van der Waals surface area contributed by atoms with Crippen LogP contribution in [-0.4, -0.2) is 0 Å². The van der Waals surface area contributed by atoms with E-state index >= 15 is 0 Å². The molecule has 0 aliphatic carbocycles. The average Bonchev–Trinajstić information content (AvgIpc) is 2.80. The van der Waals surface area contributed by atoms with Crippen molar-refractivity contribution >= 4 is 11.3 Å². The maximum absolute atomic E-state index is 5.88. The van der Waals surface area contributed by atoms with Gasteiger partial charge in [-0.15, -0.1) is 11.3 Å². The van der Waals surface area contributed by atoms with Crippen molar-refractivity contribution in [2.75, 3.05) is 0 Å². The van der Waals surface area contributed by atoms with Gasteiger partial charge in [-0.05, 0) is 41.5 Å². The Morgan fingerprint density at radius 2 is 2.06 bits per heavy atom. The summed E-state index contributed by atoms with van der Waals surface area (Å²) >= 11 is 1.73. The monoisotopic (exact) mass is 246 g/mol. The van der Waals surface area contributed by atoms with Crippen LogP contribution in [0.25, 0.3) is 0 Å². The Hall–Kier alpha value is -1.28. The van der Waals surface area contributed by atoms with Crippen LogP contribution in [0.3, 0.4) is 0 Å². The fourth-order valence-electron chi connectivity index (χ4n) is 1.67. The lowest BCUT2D eigenvalue weighted by Gasteiger charge is -2.12. The van der Waals surface area contributed by atoms with Gasteiger partial charge >= 0.3 is 0 Å². The van der Waals surface area contributed by atoms with E-state index in [9.17, 15) is 0 Å². The van der Waals surface area contributed by atoms with E-state index in [2.05, 4.69) is 56.5 Å².